The van der Waals surface area contributed by atoms with Crippen LogP contribution in [0, 0.1) is 5.92 Å². The van der Waals surface area contributed by atoms with Crippen molar-refractivity contribution in [3.05, 3.63) is 0 Å². The molecule has 0 aromatic carbocycles. The quantitative estimate of drug-likeness (QED) is 0.792. The van der Waals surface area contributed by atoms with E-state index in [1.807, 2.05) is 0 Å². The summed E-state index contributed by atoms with van der Waals surface area (Å²) in [5.41, 5.74) is 0. The van der Waals surface area contributed by atoms with Gasteiger partial charge < -0.3 is 10.6 Å². The van der Waals surface area contributed by atoms with Gasteiger partial charge in [0, 0.05) is 12.1 Å². The lowest BCUT2D eigenvalue weighted by atomic mass is 9.84. The fourth-order valence-corrected chi connectivity index (χ4v) is 3.37. The maximum atomic E-state index is 11.9. The van der Waals surface area contributed by atoms with E-state index in [2.05, 4.69) is 17.6 Å². The molecule has 0 bridgehead atoms. The Morgan fingerprint density at radius 2 is 1.44 bits per heavy atom. The number of nitrogens with one attached hydrogen (secondary N) is 2. The number of amides is 2. The molecule has 0 heterocycles. The molecule has 0 spiro atoms. The van der Waals surface area contributed by atoms with E-state index in [0.29, 0.717) is 12.1 Å². The number of carbonyl (C=O) groups excluding carboxylic acids is 1. The molecule has 0 saturated heterocycles. The first-order valence-corrected chi connectivity index (χ1v) is 7.85. The van der Waals surface area contributed by atoms with Gasteiger partial charge in [-0.2, -0.15) is 0 Å². The summed E-state index contributed by atoms with van der Waals surface area (Å²) >= 11 is 0. The summed E-state index contributed by atoms with van der Waals surface area (Å²) in [5.74, 6) is 0.893. The molecule has 0 aromatic rings. The molecule has 2 fully saturated rings. The molecular formula is C15H28N2O. The molecule has 2 amide bonds. The molecule has 0 unspecified atom stereocenters. The minimum Gasteiger partial charge on any atom is -0.335 e. The van der Waals surface area contributed by atoms with E-state index in [1.54, 1.807) is 0 Å². The maximum absolute atomic E-state index is 11.9. The van der Waals surface area contributed by atoms with Crippen LogP contribution < -0.4 is 10.6 Å². The molecular weight excluding hydrogens is 224 g/mol. The fourth-order valence-electron chi connectivity index (χ4n) is 3.37. The van der Waals surface area contributed by atoms with Gasteiger partial charge in [0.05, 0.1) is 0 Å². The first-order valence-electron chi connectivity index (χ1n) is 7.85. The van der Waals surface area contributed by atoms with E-state index in [1.165, 1.54) is 38.5 Å². The molecule has 0 aromatic heterocycles. The molecule has 0 aliphatic heterocycles. The van der Waals surface area contributed by atoms with Crippen LogP contribution in [0.25, 0.3) is 0 Å². The number of hydrogen-bond acceptors (Lipinski definition) is 1. The van der Waals surface area contributed by atoms with E-state index < -0.39 is 0 Å². The van der Waals surface area contributed by atoms with Gasteiger partial charge in [-0.3, -0.25) is 0 Å². The zero-order chi connectivity index (χ0) is 12.8. The maximum Gasteiger partial charge on any atom is 0.315 e. The van der Waals surface area contributed by atoms with Gasteiger partial charge in [0.2, 0.25) is 0 Å². The molecule has 2 N–H and O–H groups in total. The summed E-state index contributed by atoms with van der Waals surface area (Å²) in [5, 5.41) is 6.30. The Bertz CT molecular complexity index is 253. The van der Waals surface area contributed by atoms with Gasteiger partial charge in [0.1, 0.15) is 0 Å². The number of urea groups is 1. The van der Waals surface area contributed by atoms with E-state index >= 15 is 0 Å². The van der Waals surface area contributed by atoms with Crippen LogP contribution in [0.2, 0.25) is 0 Å². The Morgan fingerprint density at radius 3 is 2.00 bits per heavy atom. The van der Waals surface area contributed by atoms with Gasteiger partial charge in [0.25, 0.3) is 0 Å². The molecule has 2 saturated carbocycles. The Labute approximate surface area is 111 Å². The van der Waals surface area contributed by atoms with Crippen LogP contribution in [0.5, 0.6) is 0 Å². The Morgan fingerprint density at radius 1 is 0.889 bits per heavy atom. The molecule has 2 rings (SSSR count). The van der Waals surface area contributed by atoms with Gasteiger partial charge in [-0.25, -0.2) is 4.79 Å². The summed E-state index contributed by atoms with van der Waals surface area (Å²) in [6.07, 6.45) is 12.4. The second kappa shape index (κ2) is 7.01. The average molecular weight is 252 g/mol. The smallest absolute Gasteiger partial charge is 0.315 e. The van der Waals surface area contributed by atoms with Crippen LogP contribution >= 0.6 is 0 Å². The van der Waals surface area contributed by atoms with Crippen LogP contribution in [-0.4, -0.2) is 18.1 Å². The van der Waals surface area contributed by atoms with Crippen molar-refractivity contribution in [1.29, 1.82) is 0 Å². The molecule has 2 aliphatic rings. The average Bonchev–Trinajstić information content (AvgIpc) is 2.40. The minimum atomic E-state index is 0.0712. The first-order chi connectivity index (χ1) is 8.78. The van der Waals surface area contributed by atoms with E-state index in [4.69, 9.17) is 0 Å². The number of hydrogen-bond donors (Lipinski definition) is 2. The highest BCUT2D eigenvalue weighted by molar-refractivity contribution is 5.74. The third kappa shape index (κ3) is 4.18. The summed E-state index contributed by atoms with van der Waals surface area (Å²) in [4.78, 5) is 11.9. The molecule has 0 radical (unpaired) electrons. The Balaban J connectivity index is 1.65. The highest BCUT2D eigenvalue weighted by Crippen LogP contribution is 2.26. The predicted octanol–water partition coefficient (Wildman–Crippen LogP) is 3.59. The van der Waals surface area contributed by atoms with Crippen molar-refractivity contribution in [3.63, 3.8) is 0 Å². The van der Waals surface area contributed by atoms with Gasteiger partial charge in [-0.15, -0.1) is 0 Å². The Kier molecular flexibility index (Phi) is 5.33. The highest BCUT2D eigenvalue weighted by atomic mass is 16.2. The zero-order valence-electron chi connectivity index (χ0n) is 11.7. The van der Waals surface area contributed by atoms with Crippen molar-refractivity contribution >= 4 is 6.03 Å². The summed E-state index contributed by atoms with van der Waals surface area (Å²) in [6.45, 7) is 2.27. The topological polar surface area (TPSA) is 41.1 Å². The van der Waals surface area contributed by atoms with Gasteiger partial charge in [0.15, 0.2) is 0 Å². The van der Waals surface area contributed by atoms with Crippen molar-refractivity contribution in [2.24, 2.45) is 5.92 Å². The van der Waals surface area contributed by atoms with Crippen molar-refractivity contribution in [2.45, 2.75) is 83.2 Å². The molecule has 3 heteroatoms. The van der Waals surface area contributed by atoms with Crippen molar-refractivity contribution in [1.82, 2.24) is 10.6 Å². The van der Waals surface area contributed by atoms with E-state index in [0.717, 1.165) is 31.6 Å². The van der Waals surface area contributed by atoms with E-state index in [9.17, 15) is 4.79 Å². The summed E-state index contributed by atoms with van der Waals surface area (Å²) in [7, 11) is 0. The molecule has 18 heavy (non-hydrogen) atoms. The molecule has 0 atom stereocenters. The lowest BCUT2D eigenvalue weighted by Crippen LogP contribution is -2.47. The summed E-state index contributed by atoms with van der Waals surface area (Å²) < 4.78 is 0. The molecule has 104 valence electrons. The van der Waals surface area contributed by atoms with Crippen molar-refractivity contribution in [3.8, 4) is 0 Å². The van der Waals surface area contributed by atoms with Gasteiger partial charge in [-0.05, 0) is 44.4 Å². The largest absolute Gasteiger partial charge is 0.335 e. The van der Waals surface area contributed by atoms with Gasteiger partial charge in [-0.1, -0.05) is 32.6 Å². The lowest BCUT2D eigenvalue weighted by molar-refractivity contribution is 0.219. The fraction of sp³-hybridized carbons (Fsp3) is 0.933. The predicted molar refractivity (Wildman–Crippen MR) is 74.6 cm³/mol. The third-order valence-corrected chi connectivity index (χ3v) is 4.70. The normalized spacial score (nSPS) is 29.8. The SMILES string of the molecule is CCC1CCC(NC(=O)NC2CCCCC2)CC1. The second-order valence-corrected chi connectivity index (χ2v) is 6.08. The van der Waals surface area contributed by atoms with Crippen molar-refractivity contribution < 1.29 is 4.79 Å². The monoisotopic (exact) mass is 252 g/mol. The zero-order valence-corrected chi connectivity index (χ0v) is 11.7. The standard InChI is InChI=1S/C15H28N2O/c1-2-12-8-10-14(11-9-12)17-15(18)16-13-6-4-3-5-7-13/h12-14H,2-11H2,1H3,(H2,16,17,18). The van der Waals surface area contributed by atoms with Crippen LogP contribution in [-0.2, 0) is 0 Å². The lowest BCUT2D eigenvalue weighted by Gasteiger charge is -2.30. The second-order valence-electron chi connectivity index (χ2n) is 6.08. The van der Waals surface area contributed by atoms with Crippen LogP contribution in [0.1, 0.15) is 71.1 Å². The summed E-state index contributed by atoms with van der Waals surface area (Å²) in [6, 6.07) is 0.906. The van der Waals surface area contributed by atoms with E-state index in [-0.39, 0.29) is 6.03 Å². The molecule has 3 nitrogen and oxygen atoms in total. The number of rotatable bonds is 3. The van der Waals surface area contributed by atoms with Gasteiger partial charge >= 0.3 is 6.03 Å². The van der Waals surface area contributed by atoms with Crippen molar-refractivity contribution in [2.75, 3.05) is 0 Å². The minimum absolute atomic E-state index is 0.0712. The van der Waals surface area contributed by atoms with Crippen LogP contribution in [0.4, 0.5) is 4.79 Å². The first kappa shape index (κ1) is 13.7. The number of carbonyl (C=O) groups is 1. The highest BCUT2D eigenvalue weighted by Gasteiger charge is 2.22. The van der Waals surface area contributed by atoms with Crippen LogP contribution in [0.15, 0.2) is 0 Å². The Hall–Kier alpha value is -0.730. The molecule has 2 aliphatic carbocycles. The third-order valence-electron chi connectivity index (χ3n) is 4.70. The van der Waals surface area contributed by atoms with Crippen LogP contribution in [0.3, 0.4) is 0 Å².